The molecular weight excluding hydrogens is 349 g/mol. The van der Waals surface area contributed by atoms with Gasteiger partial charge in [-0.2, -0.15) is 13.2 Å². The maximum Gasteiger partial charge on any atom is 0.394 e. The normalized spacial score (nSPS) is 24.4. The lowest BCUT2D eigenvalue weighted by Gasteiger charge is -2.26. The van der Waals surface area contributed by atoms with Gasteiger partial charge in [-0.15, -0.1) is 0 Å². The molecule has 1 aliphatic heterocycles. The van der Waals surface area contributed by atoms with Gasteiger partial charge in [0.2, 0.25) is 0 Å². The Morgan fingerprint density at radius 2 is 1.81 bits per heavy atom. The number of amides is 2. The molecule has 1 aliphatic carbocycles. The van der Waals surface area contributed by atoms with Gasteiger partial charge in [0, 0.05) is 19.6 Å². The number of urea groups is 1. The third-order valence-electron chi connectivity index (χ3n) is 5.36. The summed E-state index contributed by atoms with van der Waals surface area (Å²) in [5, 5.41) is 11.7. The fourth-order valence-corrected chi connectivity index (χ4v) is 3.96. The summed E-state index contributed by atoms with van der Waals surface area (Å²) in [7, 11) is 0. The number of nitrogens with one attached hydrogen (secondary N) is 1. The van der Waals surface area contributed by atoms with Gasteiger partial charge < -0.3 is 15.3 Å². The first-order valence-electron chi connectivity index (χ1n) is 8.48. The van der Waals surface area contributed by atoms with E-state index in [1.807, 2.05) is 31.2 Å². The predicted octanol–water partition coefficient (Wildman–Crippen LogP) is 2.70. The monoisotopic (exact) mass is 370 g/mol. The first kappa shape index (κ1) is 18.5. The number of benzene rings is 1. The highest BCUT2D eigenvalue weighted by molar-refractivity contribution is 5.77. The summed E-state index contributed by atoms with van der Waals surface area (Å²) in [5.74, 6) is -5.18. The summed E-state index contributed by atoms with van der Waals surface area (Å²) in [5.41, 5.74) is 2.23. The van der Waals surface area contributed by atoms with Crippen LogP contribution in [0.5, 0.6) is 0 Å². The quantitative estimate of drug-likeness (QED) is 0.860. The highest BCUT2D eigenvalue weighted by Crippen LogP contribution is 2.38. The van der Waals surface area contributed by atoms with Crippen molar-refractivity contribution in [2.75, 3.05) is 19.6 Å². The molecule has 0 radical (unpaired) electrons. The second kappa shape index (κ2) is 6.48. The van der Waals surface area contributed by atoms with Crippen molar-refractivity contribution in [3.8, 4) is 0 Å². The molecule has 0 aromatic heterocycles. The smallest absolute Gasteiger partial charge is 0.394 e. The van der Waals surface area contributed by atoms with Crippen LogP contribution in [0, 0.1) is 17.3 Å². The summed E-state index contributed by atoms with van der Waals surface area (Å²) in [4.78, 5) is 24.4. The number of carboxylic acid groups (broad SMARTS) is 1. The van der Waals surface area contributed by atoms with E-state index in [1.54, 1.807) is 0 Å². The van der Waals surface area contributed by atoms with E-state index < -0.39 is 43.1 Å². The highest BCUT2D eigenvalue weighted by atomic mass is 19.4. The zero-order valence-corrected chi connectivity index (χ0v) is 14.3. The van der Waals surface area contributed by atoms with Crippen molar-refractivity contribution in [1.82, 2.24) is 10.2 Å². The molecule has 1 saturated heterocycles. The van der Waals surface area contributed by atoms with Crippen LogP contribution in [0.4, 0.5) is 18.0 Å². The number of hydrogen-bond acceptors (Lipinski definition) is 2. The summed E-state index contributed by atoms with van der Waals surface area (Å²) in [6.07, 6.45) is -3.07. The standard InChI is InChI=1S/C18H21F3N2O3/c1-17(6-11-4-2-3-5-12(11)7-17)10-22-16(26)23-8-13(15(24)25)14(9-23)18(19,20)21/h2-5,13-14H,6-10H2,1H3,(H,22,26)(H,24,25)/t13-,14-/m1/s1. The maximum absolute atomic E-state index is 13.0. The van der Waals surface area contributed by atoms with Crippen molar-refractivity contribution in [3.05, 3.63) is 35.4 Å². The number of alkyl halides is 3. The minimum atomic E-state index is -4.64. The molecule has 2 amide bonds. The molecular formula is C18H21F3N2O3. The molecule has 2 aliphatic rings. The third kappa shape index (κ3) is 3.64. The van der Waals surface area contributed by atoms with Crippen molar-refractivity contribution in [2.24, 2.45) is 17.3 Å². The Kier molecular flexibility index (Phi) is 4.62. The van der Waals surface area contributed by atoms with Crippen LogP contribution >= 0.6 is 0 Å². The van der Waals surface area contributed by atoms with Gasteiger partial charge in [0.1, 0.15) is 0 Å². The van der Waals surface area contributed by atoms with Gasteiger partial charge >= 0.3 is 18.2 Å². The Labute approximate surface area is 149 Å². The molecule has 1 heterocycles. The number of carboxylic acids is 1. The van der Waals surface area contributed by atoms with Gasteiger partial charge in [-0.3, -0.25) is 4.79 Å². The van der Waals surface area contributed by atoms with E-state index in [1.165, 1.54) is 11.1 Å². The molecule has 0 spiro atoms. The van der Waals surface area contributed by atoms with Crippen LogP contribution in [0.25, 0.3) is 0 Å². The van der Waals surface area contributed by atoms with Gasteiger partial charge in [-0.25, -0.2) is 4.79 Å². The number of carbonyl (C=O) groups excluding carboxylic acids is 1. The van der Waals surface area contributed by atoms with Gasteiger partial charge in [0.05, 0.1) is 11.8 Å². The lowest BCUT2D eigenvalue weighted by Crippen LogP contribution is -2.44. The predicted molar refractivity (Wildman–Crippen MR) is 87.6 cm³/mol. The summed E-state index contributed by atoms with van der Waals surface area (Å²) in [6.45, 7) is 1.30. The molecule has 1 fully saturated rings. The van der Waals surface area contributed by atoms with Crippen molar-refractivity contribution in [3.63, 3.8) is 0 Å². The molecule has 5 nitrogen and oxygen atoms in total. The zero-order valence-electron chi connectivity index (χ0n) is 14.3. The average molecular weight is 370 g/mol. The molecule has 3 rings (SSSR count). The van der Waals surface area contributed by atoms with Crippen LogP contribution < -0.4 is 5.32 Å². The second-order valence-corrected chi connectivity index (χ2v) is 7.59. The summed E-state index contributed by atoms with van der Waals surface area (Å²) >= 11 is 0. The van der Waals surface area contributed by atoms with E-state index in [-0.39, 0.29) is 5.41 Å². The molecule has 1 aromatic carbocycles. The van der Waals surface area contributed by atoms with Crippen LogP contribution in [-0.4, -0.2) is 47.8 Å². The Morgan fingerprint density at radius 3 is 2.27 bits per heavy atom. The van der Waals surface area contributed by atoms with E-state index in [4.69, 9.17) is 5.11 Å². The molecule has 2 N–H and O–H groups in total. The number of rotatable bonds is 3. The number of halogens is 3. The highest BCUT2D eigenvalue weighted by Gasteiger charge is 2.53. The van der Waals surface area contributed by atoms with Gasteiger partial charge in [0.15, 0.2) is 0 Å². The minimum absolute atomic E-state index is 0.200. The fraction of sp³-hybridized carbons (Fsp3) is 0.556. The third-order valence-corrected chi connectivity index (χ3v) is 5.36. The Bertz CT molecular complexity index is 695. The van der Waals surface area contributed by atoms with E-state index in [2.05, 4.69) is 5.32 Å². The Morgan fingerprint density at radius 1 is 1.23 bits per heavy atom. The van der Waals surface area contributed by atoms with Crippen molar-refractivity contribution in [2.45, 2.75) is 25.9 Å². The lowest BCUT2D eigenvalue weighted by atomic mass is 9.87. The van der Waals surface area contributed by atoms with Gasteiger partial charge in [-0.05, 0) is 29.4 Å². The van der Waals surface area contributed by atoms with Crippen LogP contribution in [0.15, 0.2) is 24.3 Å². The van der Waals surface area contributed by atoms with E-state index in [0.29, 0.717) is 6.54 Å². The molecule has 0 saturated carbocycles. The van der Waals surface area contributed by atoms with Crippen LogP contribution in [0.1, 0.15) is 18.1 Å². The van der Waals surface area contributed by atoms with E-state index in [9.17, 15) is 22.8 Å². The molecule has 2 atom stereocenters. The minimum Gasteiger partial charge on any atom is -0.481 e. The number of fused-ring (bicyclic) bond motifs is 1. The van der Waals surface area contributed by atoms with Crippen molar-refractivity contribution < 1.29 is 27.9 Å². The SMILES string of the molecule is CC1(CNC(=O)N2C[C@@H](C(F)(F)F)[C@H](C(=O)O)C2)Cc2ccccc2C1. The van der Waals surface area contributed by atoms with Crippen molar-refractivity contribution in [1.29, 1.82) is 0 Å². The molecule has 0 bridgehead atoms. The van der Waals surface area contributed by atoms with Crippen molar-refractivity contribution >= 4 is 12.0 Å². The Hall–Kier alpha value is -2.25. The molecule has 8 heteroatoms. The first-order chi connectivity index (χ1) is 12.1. The number of carbonyl (C=O) groups is 2. The molecule has 1 aromatic rings. The van der Waals surface area contributed by atoms with Crippen LogP contribution in [0.3, 0.4) is 0 Å². The second-order valence-electron chi connectivity index (χ2n) is 7.59. The summed E-state index contributed by atoms with van der Waals surface area (Å²) in [6, 6.07) is 7.34. The van der Waals surface area contributed by atoms with Crippen LogP contribution in [-0.2, 0) is 17.6 Å². The number of nitrogens with zero attached hydrogens (tertiary/aromatic N) is 1. The Balaban J connectivity index is 1.60. The largest absolute Gasteiger partial charge is 0.481 e. The van der Waals surface area contributed by atoms with E-state index in [0.717, 1.165) is 17.7 Å². The summed E-state index contributed by atoms with van der Waals surface area (Å²) < 4.78 is 39.1. The topological polar surface area (TPSA) is 69.6 Å². The number of aliphatic carboxylic acids is 1. The lowest BCUT2D eigenvalue weighted by molar-refractivity contribution is -0.187. The van der Waals surface area contributed by atoms with E-state index >= 15 is 0 Å². The zero-order chi connectivity index (χ0) is 19.1. The molecule has 26 heavy (non-hydrogen) atoms. The molecule has 142 valence electrons. The number of hydrogen-bond donors (Lipinski definition) is 2. The average Bonchev–Trinajstić information content (AvgIpc) is 3.13. The molecule has 0 unspecified atom stereocenters. The number of likely N-dealkylation sites (tertiary alicyclic amines) is 1. The van der Waals surface area contributed by atoms with Gasteiger partial charge in [-0.1, -0.05) is 31.2 Å². The fourth-order valence-electron chi connectivity index (χ4n) is 3.96. The van der Waals surface area contributed by atoms with Crippen LogP contribution in [0.2, 0.25) is 0 Å². The maximum atomic E-state index is 13.0. The first-order valence-corrected chi connectivity index (χ1v) is 8.48. The van der Waals surface area contributed by atoms with Gasteiger partial charge in [0.25, 0.3) is 0 Å².